The van der Waals surface area contributed by atoms with Crippen molar-refractivity contribution in [2.75, 3.05) is 5.32 Å². The molecule has 6 heteroatoms. The van der Waals surface area contributed by atoms with Gasteiger partial charge in [-0.05, 0) is 47.9 Å². The predicted molar refractivity (Wildman–Crippen MR) is 124 cm³/mol. The zero-order chi connectivity index (χ0) is 22.3. The van der Waals surface area contributed by atoms with Crippen molar-refractivity contribution >= 4 is 11.6 Å². The first-order valence-electron chi connectivity index (χ1n) is 10.6. The fourth-order valence-corrected chi connectivity index (χ4v) is 3.17. The highest BCUT2D eigenvalue weighted by Gasteiger charge is 2.11. The zero-order valence-corrected chi connectivity index (χ0v) is 18.1. The van der Waals surface area contributed by atoms with Crippen LogP contribution in [-0.4, -0.2) is 16.0 Å². The summed E-state index contributed by atoms with van der Waals surface area (Å²) in [5, 5.41) is 6.91. The molecule has 32 heavy (non-hydrogen) atoms. The third kappa shape index (κ3) is 5.60. The van der Waals surface area contributed by atoms with Crippen molar-refractivity contribution in [2.24, 2.45) is 0 Å². The highest BCUT2D eigenvalue weighted by molar-refractivity contribution is 5.90. The highest BCUT2D eigenvalue weighted by atomic mass is 16.5. The molecule has 0 spiro atoms. The number of hydrogen-bond acceptors (Lipinski definition) is 5. The Morgan fingerprint density at radius 2 is 1.62 bits per heavy atom. The molecular weight excluding hydrogens is 402 g/mol. The molecule has 162 valence electrons. The molecule has 1 aromatic heterocycles. The predicted octanol–water partition coefficient (Wildman–Crippen LogP) is 6.22. The normalized spacial score (nSPS) is 10.8. The van der Waals surface area contributed by atoms with Gasteiger partial charge in [-0.3, -0.25) is 4.79 Å². The topological polar surface area (TPSA) is 77.2 Å². The molecule has 6 nitrogen and oxygen atoms in total. The van der Waals surface area contributed by atoms with E-state index in [0.29, 0.717) is 35.5 Å². The third-order valence-corrected chi connectivity index (χ3v) is 4.99. The number of anilines is 1. The van der Waals surface area contributed by atoms with Crippen LogP contribution in [-0.2, 0) is 11.2 Å². The van der Waals surface area contributed by atoms with E-state index < -0.39 is 0 Å². The smallest absolute Gasteiger partial charge is 0.227 e. The lowest BCUT2D eigenvalue weighted by atomic mass is 10.0. The van der Waals surface area contributed by atoms with Crippen molar-refractivity contribution in [3.63, 3.8) is 0 Å². The number of aryl methyl sites for hydroxylation is 1. The molecule has 1 amide bonds. The molecule has 3 aromatic carbocycles. The standard InChI is InChI=1S/C26H25N3O3/c1-18(2)19-8-10-20(11-9-19)26-28-25(32-29-26)17-16-24(30)27-21-12-14-23(15-13-21)31-22-6-4-3-5-7-22/h3-15,18H,16-17H2,1-2H3,(H,27,30). The Morgan fingerprint density at radius 3 is 2.31 bits per heavy atom. The number of nitrogens with one attached hydrogen (secondary N) is 1. The van der Waals surface area contributed by atoms with E-state index in [0.717, 1.165) is 11.3 Å². The SMILES string of the molecule is CC(C)c1ccc(-c2noc(CCC(=O)Nc3ccc(Oc4ccccc4)cc3)n2)cc1. The largest absolute Gasteiger partial charge is 0.457 e. The molecule has 0 aliphatic carbocycles. The first-order valence-corrected chi connectivity index (χ1v) is 10.6. The van der Waals surface area contributed by atoms with Gasteiger partial charge in [0.1, 0.15) is 11.5 Å². The summed E-state index contributed by atoms with van der Waals surface area (Å²) < 4.78 is 11.1. The fourth-order valence-electron chi connectivity index (χ4n) is 3.17. The number of benzene rings is 3. The molecule has 0 aliphatic rings. The van der Waals surface area contributed by atoms with Crippen LogP contribution in [0.15, 0.2) is 83.4 Å². The minimum Gasteiger partial charge on any atom is -0.457 e. The van der Waals surface area contributed by atoms with Gasteiger partial charge in [0.2, 0.25) is 17.6 Å². The Balaban J connectivity index is 1.28. The summed E-state index contributed by atoms with van der Waals surface area (Å²) in [6.07, 6.45) is 0.619. The van der Waals surface area contributed by atoms with Crippen LogP contribution in [0.1, 0.15) is 37.6 Å². The number of ether oxygens (including phenoxy) is 1. The molecule has 0 fully saturated rings. The van der Waals surface area contributed by atoms with Crippen molar-refractivity contribution in [1.29, 1.82) is 0 Å². The van der Waals surface area contributed by atoms with Gasteiger partial charge in [0.25, 0.3) is 0 Å². The van der Waals surface area contributed by atoms with Crippen LogP contribution in [0.5, 0.6) is 11.5 Å². The second kappa shape index (κ2) is 9.92. The first kappa shape index (κ1) is 21.3. The number of rotatable bonds is 8. The Kier molecular flexibility index (Phi) is 6.60. The van der Waals surface area contributed by atoms with Crippen LogP contribution < -0.4 is 10.1 Å². The minimum atomic E-state index is -0.122. The summed E-state index contributed by atoms with van der Waals surface area (Å²) >= 11 is 0. The van der Waals surface area contributed by atoms with Gasteiger partial charge in [0.15, 0.2) is 0 Å². The molecule has 4 rings (SSSR count). The molecule has 0 unspecified atom stereocenters. The van der Waals surface area contributed by atoms with Gasteiger partial charge >= 0.3 is 0 Å². The molecular formula is C26H25N3O3. The van der Waals surface area contributed by atoms with Crippen LogP contribution in [0.2, 0.25) is 0 Å². The maximum Gasteiger partial charge on any atom is 0.227 e. The summed E-state index contributed by atoms with van der Waals surface area (Å²) in [6.45, 7) is 4.30. The van der Waals surface area contributed by atoms with E-state index in [1.54, 1.807) is 0 Å². The fraction of sp³-hybridized carbons (Fsp3) is 0.192. The van der Waals surface area contributed by atoms with Gasteiger partial charge in [0.05, 0.1) is 0 Å². The number of nitrogens with zero attached hydrogens (tertiary/aromatic N) is 2. The number of carbonyl (C=O) groups is 1. The van der Waals surface area contributed by atoms with Gasteiger partial charge in [-0.1, -0.05) is 61.5 Å². The average Bonchev–Trinajstić information content (AvgIpc) is 3.29. The van der Waals surface area contributed by atoms with Crippen molar-refractivity contribution < 1.29 is 14.1 Å². The van der Waals surface area contributed by atoms with Gasteiger partial charge in [0, 0.05) is 24.1 Å². The number of para-hydroxylation sites is 1. The van der Waals surface area contributed by atoms with Crippen molar-refractivity contribution in [2.45, 2.75) is 32.6 Å². The molecule has 0 atom stereocenters. The minimum absolute atomic E-state index is 0.122. The number of aromatic nitrogens is 2. The van der Waals surface area contributed by atoms with Gasteiger partial charge in [-0.2, -0.15) is 4.98 Å². The molecule has 0 saturated carbocycles. The summed E-state index contributed by atoms with van der Waals surface area (Å²) in [6, 6.07) is 24.9. The number of carbonyl (C=O) groups excluding carboxylic acids is 1. The quantitative estimate of drug-likeness (QED) is 0.361. The molecule has 0 radical (unpaired) electrons. The molecule has 0 aliphatic heterocycles. The zero-order valence-electron chi connectivity index (χ0n) is 18.1. The first-order chi connectivity index (χ1) is 15.6. The third-order valence-electron chi connectivity index (χ3n) is 4.99. The number of amides is 1. The van der Waals surface area contributed by atoms with E-state index in [4.69, 9.17) is 9.26 Å². The molecule has 1 N–H and O–H groups in total. The molecule has 0 saturated heterocycles. The van der Waals surface area contributed by atoms with E-state index in [-0.39, 0.29) is 12.3 Å². The molecule has 4 aromatic rings. The summed E-state index contributed by atoms with van der Waals surface area (Å²) in [5.41, 5.74) is 2.85. The lowest BCUT2D eigenvalue weighted by Crippen LogP contribution is -2.12. The van der Waals surface area contributed by atoms with Crippen LogP contribution in [0.4, 0.5) is 5.69 Å². The lowest BCUT2D eigenvalue weighted by molar-refractivity contribution is -0.116. The summed E-state index contributed by atoms with van der Waals surface area (Å²) in [7, 11) is 0. The Labute approximate surface area is 187 Å². The van der Waals surface area contributed by atoms with Gasteiger partial charge in [-0.25, -0.2) is 0 Å². The summed E-state index contributed by atoms with van der Waals surface area (Å²) in [5.74, 6) is 2.78. The van der Waals surface area contributed by atoms with E-state index in [9.17, 15) is 4.79 Å². The van der Waals surface area contributed by atoms with E-state index >= 15 is 0 Å². The highest BCUT2D eigenvalue weighted by Crippen LogP contribution is 2.23. The Hall–Kier alpha value is -3.93. The van der Waals surface area contributed by atoms with E-state index in [2.05, 4.69) is 41.4 Å². The van der Waals surface area contributed by atoms with Crippen LogP contribution in [0.25, 0.3) is 11.4 Å². The average molecular weight is 428 g/mol. The van der Waals surface area contributed by atoms with Crippen molar-refractivity contribution in [3.05, 3.63) is 90.3 Å². The van der Waals surface area contributed by atoms with Crippen LogP contribution in [0.3, 0.4) is 0 Å². The molecule has 1 heterocycles. The maximum absolute atomic E-state index is 12.3. The Morgan fingerprint density at radius 1 is 0.938 bits per heavy atom. The van der Waals surface area contributed by atoms with E-state index in [1.165, 1.54) is 5.56 Å². The van der Waals surface area contributed by atoms with Crippen molar-refractivity contribution in [1.82, 2.24) is 10.1 Å². The maximum atomic E-state index is 12.3. The lowest BCUT2D eigenvalue weighted by Gasteiger charge is -2.07. The Bertz CT molecular complexity index is 1150. The molecule has 0 bridgehead atoms. The van der Waals surface area contributed by atoms with Gasteiger partial charge in [-0.15, -0.1) is 0 Å². The monoisotopic (exact) mass is 427 g/mol. The second-order valence-corrected chi connectivity index (χ2v) is 7.78. The van der Waals surface area contributed by atoms with Gasteiger partial charge < -0.3 is 14.6 Å². The number of hydrogen-bond donors (Lipinski definition) is 1. The van der Waals surface area contributed by atoms with Crippen molar-refractivity contribution in [3.8, 4) is 22.9 Å². The van der Waals surface area contributed by atoms with Crippen LogP contribution >= 0.6 is 0 Å². The second-order valence-electron chi connectivity index (χ2n) is 7.78. The van der Waals surface area contributed by atoms with E-state index in [1.807, 2.05) is 66.7 Å². The van der Waals surface area contributed by atoms with Crippen LogP contribution in [0, 0.1) is 0 Å². The summed E-state index contributed by atoms with van der Waals surface area (Å²) in [4.78, 5) is 16.7.